The van der Waals surface area contributed by atoms with Gasteiger partial charge in [0.05, 0.1) is 0 Å². The molecule has 13 heavy (non-hydrogen) atoms. The number of hydrogen-bond acceptors (Lipinski definition) is 0. The molecule has 0 N–H and O–H groups in total. The Morgan fingerprint density at radius 2 is 1.62 bits per heavy atom. The van der Waals surface area contributed by atoms with Crippen molar-refractivity contribution in [1.82, 2.24) is 0 Å². The van der Waals surface area contributed by atoms with Gasteiger partial charge in [-0.3, -0.25) is 0 Å². The van der Waals surface area contributed by atoms with Crippen molar-refractivity contribution in [2.24, 2.45) is 0 Å². The lowest BCUT2D eigenvalue weighted by atomic mass is 10.1. The van der Waals surface area contributed by atoms with E-state index in [0.29, 0.717) is 5.33 Å². The molecule has 1 aromatic carbocycles. The molecule has 0 aliphatic rings. The van der Waals surface area contributed by atoms with Crippen molar-refractivity contribution in [3.63, 3.8) is 0 Å². The van der Waals surface area contributed by atoms with Crippen LogP contribution < -0.4 is 0 Å². The van der Waals surface area contributed by atoms with Gasteiger partial charge in [-0.05, 0) is 5.56 Å². The average Bonchev–Trinajstić information content (AvgIpc) is 2.17. The maximum Gasteiger partial charge on any atom is 0.306 e. The van der Waals surface area contributed by atoms with Gasteiger partial charge in [-0.1, -0.05) is 40.2 Å². The third-order valence-electron chi connectivity index (χ3n) is 1.53. The lowest BCUT2D eigenvalue weighted by molar-refractivity contribution is 0.410. The summed E-state index contributed by atoms with van der Waals surface area (Å²) in [7, 11) is 0. The summed E-state index contributed by atoms with van der Waals surface area (Å²) in [5.41, 5.74) is 0.820. The highest BCUT2D eigenvalue weighted by molar-refractivity contribution is 9.08. The van der Waals surface area contributed by atoms with Gasteiger partial charge >= 0.3 is 6.08 Å². The zero-order valence-corrected chi connectivity index (χ0v) is 8.11. The van der Waals surface area contributed by atoms with Crippen LogP contribution in [0.5, 0.6) is 0 Å². The minimum atomic E-state index is -2.29. The Bertz CT molecular complexity index is 312. The molecule has 1 rings (SSSR count). The number of halogens is 4. The molecule has 0 aromatic heterocycles. The Labute approximate surface area is 82.2 Å². The third kappa shape index (κ3) is 2.59. The predicted octanol–water partition coefficient (Wildman–Crippen LogP) is 4.12. The number of benzene rings is 1. The molecular weight excluding hydrogens is 245 g/mol. The highest BCUT2D eigenvalue weighted by Gasteiger charge is 2.07. The first-order valence-corrected chi connectivity index (χ1v) is 4.63. The molecule has 0 saturated carbocycles. The van der Waals surface area contributed by atoms with E-state index in [1.807, 2.05) is 0 Å². The van der Waals surface area contributed by atoms with Gasteiger partial charge in [-0.15, -0.1) is 0 Å². The van der Waals surface area contributed by atoms with E-state index in [1.54, 1.807) is 12.1 Å². The highest BCUT2D eigenvalue weighted by atomic mass is 79.9. The molecule has 1 aromatic rings. The van der Waals surface area contributed by atoms with Crippen LogP contribution in [0, 0.1) is 0 Å². The minimum Gasteiger partial charge on any atom is -0.200 e. The Morgan fingerprint density at radius 1 is 1.08 bits per heavy atom. The van der Waals surface area contributed by atoms with E-state index in [0.717, 1.165) is 5.56 Å². The van der Waals surface area contributed by atoms with Crippen LogP contribution in [0.4, 0.5) is 13.2 Å². The van der Waals surface area contributed by atoms with E-state index in [9.17, 15) is 13.2 Å². The van der Waals surface area contributed by atoms with E-state index in [4.69, 9.17) is 0 Å². The van der Waals surface area contributed by atoms with Gasteiger partial charge < -0.3 is 0 Å². The molecule has 0 heterocycles. The molecule has 0 amide bonds. The van der Waals surface area contributed by atoms with Gasteiger partial charge in [0.25, 0.3) is 0 Å². The van der Waals surface area contributed by atoms with Crippen molar-refractivity contribution in [2.45, 2.75) is 5.33 Å². The van der Waals surface area contributed by atoms with Crippen LogP contribution in [0.15, 0.2) is 30.3 Å². The monoisotopic (exact) mass is 250 g/mol. The molecule has 70 valence electrons. The summed E-state index contributed by atoms with van der Waals surface area (Å²) < 4.78 is 36.2. The highest BCUT2D eigenvalue weighted by Crippen LogP contribution is 2.22. The van der Waals surface area contributed by atoms with Crippen molar-refractivity contribution in [3.05, 3.63) is 41.5 Å². The lowest BCUT2D eigenvalue weighted by Gasteiger charge is -1.98. The van der Waals surface area contributed by atoms with E-state index in [1.165, 1.54) is 12.1 Å². The molecular formula is C9H6BrF3. The maximum atomic E-state index is 12.6. The van der Waals surface area contributed by atoms with Crippen molar-refractivity contribution in [3.8, 4) is 0 Å². The SMILES string of the molecule is FC(F)=C(F)c1ccc(CBr)cc1. The van der Waals surface area contributed by atoms with Crippen molar-refractivity contribution >= 4 is 21.8 Å². The van der Waals surface area contributed by atoms with E-state index >= 15 is 0 Å². The van der Waals surface area contributed by atoms with Gasteiger partial charge in [0.1, 0.15) is 0 Å². The van der Waals surface area contributed by atoms with Gasteiger partial charge in [0.2, 0.25) is 0 Å². The van der Waals surface area contributed by atoms with Crippen LogP contribution in [-0.4, -0.2) is 0 Å². The topological polar surface area (TPSA) is 0 Å². The van der Waals surface area contributed by atoms with Crippen LogP contribution in [-0.2, 0) is 5.33 Å². The summed E-state index contributed by atoms with van der Waals surface area (Å²) in [6, 6.07) is 5.83. The zero-order chi connectivity index (χ0) is 9.84. The first kappa shape index (κ1) is 10.3. The first-order chi connectivity index (χ1) is 6.15. The minimum absolute atomic E-state index is 0.0929. The Kier molecular flexibility index (Phi) is 3.54. The van der Waals surface area contributed by atoms with Gasteiger partial charge in [-0.25, -0.2) is 4.39 Å². The quantitative estimate of drug-likeness (QED) is 0.693. The molecule has 0 aliphatic heterocycles. The maximum absolute atomic E-state index is 12.6. The van der Waals surface area contributed by atoms with E-state index in [-0.39, 0.29) is 5.56 Å². The van der Waals surface area contributed by atoms with Crippen molar-refractivity contribution in [1.29, 1.82) is 0 Å². The third-order valence-corrected chi connectivity index (χ3v) is 2.18. The largest absolute Gasteiger partial charge is 0.306 e. The van der Waals surface area contributed by atoms with Crippen LogP contribution in [0.2, 0.25) is 0 Å². The van der Waals surface area contributed by atoms with Gasteiger partial charge in [0.15, 0.2) is 5.83 Å². The second-order valence-corrected chi connectivity index (χ2v) is 2.97. The molecule has 0 fully saturated rings. The normalized spacial score (nSPS) is 9.85. The summed E-state index contributed by atoms with van der Waals surface area (Å²) in [5, 5.41) is 0.622. The van der Waals surface area contributed by atoms with Crippen molar-refractivity contribution < 1.29 is 13.2 Å². The Balaban J connectivity index is 2.99. The van der Waals surface area contributed by atoms with Gasteiger partial charge in [-0.2, -0.15) is 8.78 Å². The second kappa shape index (κ2) is 4.46. The summed E-state index contributed by atoms with van der Waals surface area (Å²) in [6.07, 6.45) is -2.29. The average molecular weight is 251 g/mol. The zero-order valence-electron chi connectivity index (χ0n) is 6.53. The fourth-order valence-electron chi connectivity index (χ4n) is 0.849. The fourth-order valence-corrected chi connectivity index (χ4v) is 1.22. The molecule has 0 unspecified atom stereocenters. The van der Waals surface area contributed by atoms with Crippen LogP contribution in [0.3, 0.4) is 0 Å². The van der Waals surface area contributed by atoms with Crippen LogP contribution >= 0.6 is 15.9 Å². The van der Waals surface area contributed by atoms with E-state index in [2.05, 4.69) is 15.9 Å². The Morgan fingerprint density at radius 3 is 2.00 bits per heavy atom. The summed E-state index contributed by atoms with van der Waals surface area (Å²) in [6.45, 7) is 0. The predicted molar refractivity (Wildman–Crippen MR) is 49.3 cm³/mol. The Hall–Kier alpha value is -0.770. The molecule has 0 radical (unpaired) electrons. The summed E-state index contributed by atoms with van der Waals surface area (Å²) >= 11 is 3.19. The lowest BCUT2D eigenvalue weighted by Crippen LogP contribution is -1.81. The first-order valence-electron chi connectivity index (χ1n) is 3.51. The smallest absolute Gasteiger partial charge is 0.200 e. The summed E-state index contributed by atoms with van der Waals surface area (Å²) in [5.74, 6) is -1.46. The molecule has 0 atom stereocenters. The van der Waals surface area contributed by atoms with Gasteiger partial charge in [0, 0.05) is 10.9 Å². The van der Waals surface area contributed by atoms with E-state index < -0.39 is 11.9 Å². The van der Waals surface area contributed by atoms with Crippen molar-refractivity contribution in [2.75, 3.05) is 0 Å². The second-order valence-electron chi connectivity index (χ2n) is 2.40. The number of hydrogen-bond donors (Lipinski definition) is 0. The molecule has 0 nitrogen and oxygen atoms in total. The molecule has 4 heteroatoms. The number of rotatable bonds is 2. The number of alkyl halides is 1. The fraction of sp³-hybridized carbons (Fsp3) is 0.111. The van der Waals surface area contributed by atoms with Crippen LogP contribution in [0.25, 0.3) is 5.83 Å². The molecule has 0 spiro atoms. The van der Waals surface area contributed by atoms with Crippen LogP contribution in [0.1, 0.15) is 11.1 Å². The molecule has 0 aliphatic carbocycles. The molecule has 0 bridgehead atoms. The molecule has 0 saturated heterocycles. The standard InChI is InChI=1S/C9H6BrF3/c10-5-6-1-3-7(4-2-6)8(11)9(12)13/h1-4H,5H2. The summed E-state index contributed by atoms with van der Waals surface area (Å²) in [4.78, 5) is 0.